The molecule has 1 saturated heterocycles. The first-order valence-electron chi connectivity index (χ1n) is 6.01. The number of halogens is 2. The average molecular weight is 273 g/mol. The van der Waals surface area contributed by atoms with Gasteiger partial charge in [0.15, 0.2) is 0 Å². The van der Waals surface area contributed by atoms with E-state index < -0.39 is 0 Å². The van der Waals surface area contributed by atoms with Gasteiger partial charge in [-0.25, -0.2) is 0 Å². The molecular formula is C13H18Cl2N2. The summed E-state index contributed by atoms with van der Waals surface area (Å²) < 4.78 is 0. The van der Waals surface area contributed by atoms with Crippen LogP contribution in [0.4, 0.5) is 0 Å². The molecule has 0 spiro atoms. The van der Waals surface area contributed by atoms with Crippen molar-refractivity contribution < 1.29 is 0 Å². The summed E-state index contributed by atoms with van der Waals surface area (Å²) in [5.41, 5.74) is 1.16. The van der Waals surface area contributed by atoms with E-state index in [2.05, 4.69) is 17.3 Å². The Morgan fingerprint density at radius 3 is 2.88 bits per heavy atom. The largest absolute Gasteiger partial charge is 0.312 e. The molecule has 1 aliphatic heterocycles. The van der Waals surface area contributed by atoms with Crippen LogP contribution < -0.4 is 5.32 Å². The van der Waals surface area contributed by atoms with E-state index in [1.807, 2.05) is 18.2 Å². The maximum absolute atomic E-state index is 6.13. The van der Waals surface area contributed by atoms with E-state index in [9.17, 15) is 0 Å². The fourth-order valence-electron chi connectivity index (χ4n) is 2.24. The van der Waals surface area contributed by atoms with Crippen molar-refractivity contribution in [1.82, 2.24) is 10.2 Å². The van der Waals surface area contributed by atoms with Crippen molar-refractivity contribution in [2.75, 3.05) is 26.7 Å². The quantitative estimate of drug-likeness (QED) is 0.907. The highest BCUT2D eigenvalue weighted by atomic mass is 35.5. The number of nitrogens with zero attached hydrogens (tertiary/aromatic N) is 1. The number of likely N-dealkylation sites (tertiary alicyclic amines) is 1. The lowest BCUT2D eigenvalue weighted by molar-refractivity contribution is 0.398. The molecule has 1 heterocycles. The molecule has 1 aromatic carbocycles. The molecule has 1 unspecified atom stereocenters. The zero-order valence-electron chi connectivity index (χ0n) is 10.0. The molecule has 1 aliphatic rings. The van der Waals surface area contributed by atoms with Crippen molar-refractivity contribution in [1.29, 1.82) is 0 Å². The summed E-state index contributed by atoms with van der Waals surface area (Å²) in [5, 5.41) is 5.03. The molecule has 0 aliphatic carbocycles. The lowest BCUT2D eigenvalue weighted by Gasteiger charge is -2.13. The minimum atomic E-state index is 0.631. The van der Waals surface area contributed by atoms with E-state index in [4.69, 9.17) is 23.2 Å². The molecule has 94 valence electrons. The fourth-order valence-corrected chi connectivity index (χ4v) is 2.74. The number of rotatable bonds is 4. The topological polar surface area (TPSA) is 15.3 Å². The summed E-state index contributed by atoms with van der Waals surface area (Å²) >= 11 is 12.0. The van der Waals surface area contributed by atoms with Crippen LogP contribution in [0.5, 0.6) is 0 Å². The zero-order chi connectivity index (χ0) is 12.3. The summed E-state index contributed by atoms with van der Waals surface area (Å²) in [4.78, 5) is 2.35. The third-order valence-corrected chi connectivity index (χ3v) is 3.82. The van der Waals surface area contributed by atoms with Crippen molar-refractivity contribution in [2.45, 2.75) is 18.9 Å². The van der Waals surface area contributed by atoms with Gasteiger partial charge in [0.05, 0.1) is 0 Å². The Kier molecular flexibility index (Phi) is 4.69. The SMILES string of the molecule is CN1CCC(NCCc2ccc(Cl)cc2Cl)C1. The number of hydrogen-bond acceptors (Lipinski definition) is 2. The van der Waals surface area contributed by atoms with Crippen LogP contribution in [0.25, 0.3) is 0 Å². The van der Waals surface area contributed by atoms with Gasteiger partial charge in [0.2, 0.25) is 0 Å². The number of hydrogen-bond donors (Lipinski definition) is 1. The van der Waals surface area contributed by atoms with E-state index >= 15 is 0 Å². The third-order valence-electron chi connectivity index (χ3n) is 3.23. The van der Waals surface area contributed by atoms with Gasteiger partial charge in [-0.2, -0.15) is 0 Å². The van der Waals surface area contributed by atoms with Gasteiger partial charge in [-0.15, -0.1) is 0 Å². The molecule has 2 rings (SSSR count). The van der Waals surface area contributed by atoms with Crippen LogP contribution in [-0.4, -0.2) is 37.6 Å². The number of benzene rings is 1. The van der Waals surface area contributed by atoms with Gasteiger partial charge in [0, 0.05) is 22.6 Å². The Hall–Kier alpha value is -0.280. The molecular weight excluding hydrogens is 255 g/mol. The van der Waals surface area contributed by atoms with Crippen molar-refractivity contribution >= 4 is 23.2 Å². The Balaban J connectivity index is 1.78. The molecule has 0 aromatic heterocycles. The van der Waals surface area contributed by atoms with Crippen molar-refractivity contribution in [2.24, 2.45) is 0 Å². The predicted octanol–water partition coefficient (Wildman–Crippen LogP) is 2.83. The van der Waals surface area contributed by atoms with Gasteiger partial charge in [0.25, 0.3) is 0 Å². The summed E-state index contributed by atoms with van der Waals surface area (Å²) in [6.45, 7) is 3.31. The Bertz CT molecular complexity index is 382. The molecule has 17 heavy (non-hydrogen) atoms. The highest BCUT2D eigenvalue weighted by molar-refractivity contribution is 6.35. The number of likely N-dealkylation sites (N-methyl/N-ethyl adjacent to an activating group) is 1. The molecule has 1 aromatic rings. The maximum Gasteiger partial charge on any atom is 0.0453 e. The van der Waals surface area contributed by atoms with E-state index in [-0.39, 0.29) is 0 Å². The fraction of sp³-hybridized carbons (Fsp3) is 0.538. The monoisotopic (exact) mass is 272 g/mol. The first-order chi connectivity index (χ1) is 8.15. The zero-order valence-corrected chi connectivity index (χ0v) is 11.6. The van der Waals surface area contributed by atoms with Gasteiger partial charge in [0.1, 0.15) is 0 Å². The van der Waals surface area contributed by atoms with Crippen LogP contribution in [0.1, 0.15) is 12.0 Å². The van der Waals surface area contributed by atoms with Gasteiger partial charge in [-0.05, 0) is 50.7 Å². The average Bonchev–Trinajstić information content (AvgIpc) is 2.68. The minimum absolute atomic E-state index is 0.631. The van der Waals surface area contributed by atoms with Gasteiger partial charge in [-0.1, -0.05) is 29.3 Å². The molecule has 0 radical (unpaired) electrons. The molecule has 1 fully saturated rings. The van der Waals surface area contributed by atoms with Crippen LogP contribution >= 0.6 is 23.2 Å². The minimum Gasteiger partial charge on any atom is -0.312 e. The highest BCUT2D eigenvalue weighted by Crippen LogP contribution is 2.21. The van der Waals surface area contributed by atoms with E-state index in [1.54, 1.807) is 0 Å². The standard InChI is InChI=1S/C13H18Cl2N2/c1-17-7-5-12(9-17)16-6-4-10-2-3-11(14)8-13(10)15/h2-3,8,12,16H,4-7,9H2,1H3. The summed E-state index contributed by atoms with van der Waals surface area (Å²) in [5.74, 6) is 0. The normalized spacial score (nSPS) is 21.0. The van der Waals surface area contributed by atoms with E-state index in [0.29, 0.717) is 11.1 Å². The molecule has 1 N–H and O–H groups in total. The molecule has 0 saturated carbocycles. The van der Waals surface area contributed by atoms with Crippen LogP contribution in [0.2, 0.25) is 10.0 Å². The van der Waals surface area contributed by atoms with Gasteiger partial charge >= 0.3 is 0 Å². The molecule has 2 nitrogen and oxygen atoms in total. The smallest absolute Gasteiger partial charge is 0.0453 e. The van der Waals surface area contributed by atoms with Gasteiger partial charge < -0.3 is 10.2 Å². The molecule has 0 bridgehead atoms. The van der Waals surface area contributed by atoms with Crippen molar-refractivity contribution in [3.8, 4) is 0 Å². The molecule has 4 heteroatoms. The van der Waals surface area contributed by atoms with Crippen LogP contribution in [-0.2, 0) is 6.42 Å². The first kappa shape index (κ1) is 13.2. The second kappa shape index (κ2) is 6.05. The van der Waals surface area contributed by atoms with Crippen molar-refractivity contribution in [3.63, 3.8) is 0 Å². The van der Waals surface area contributed by atoms with Gasteiger partial charge in [-0.3, -0.25) is 0 Å². The Labute approximate surface area is 113 Å². The van der Waals surface area contributed by atoms with E-state index in [1.165, 1.54) is 13.0 Å². The van der Waals surface area contributed by atoms with Crippen molar-refractivity contribution in [3.05, 3.63) is 33.8 Å². The molecule has 1 atom stereocenters. The summed E-state index contributed by atoms with van der Waals surface area (Å²) in [6.07, 6.45) is 2.20. The molecule has 0 amide bonds. The Morgan fingerprint density at radius 2 is 2.24 bits per heavy atom. The second-order valence-electron chi connectivity index (χ2n) is 4.69. The third kappa shape index (κ3) is 3.85. The lowest BCUT2D eigenvalue weighted by atomic mass is 10.1. The highest BCUT2D eigenvalue weighted by Gasteiger charge is 2.18. The van der Waals surface area contributed by atoms with Crippen LogP contribution in [0.15, 0.2) is 18.2 Å². The summed E-state index contributed by atoms with van der Waals surface area (Å²) in [6, 6.07) is 6.34. The predicted molar refractivity (Wildman–Crippen MR) is 74.1 cm³/mol. The maximum atomic E-state index is 6.13. The Morgan fingerprint density at radius 1 is 1.41 bits per heavy atom. The first-order valence-corrected chi connectivity index (χ1v) is 6.76. The van der Waals surface area contributed by atoms with E-state index in [0.717, 1.165) is 30.1 Å². The summed E-state index contributed by atoms with van der Waals surface area (Å²) in [7, 11) is 2.16. The second-order valence-corrected chi connectivity index (χ2v) is 5.53. The number of nitrogens with one attached hydrogen (secondary N) is 1. The van der Waals surface area contributed by atoms with Crippen LogP contribution in [0, 0.1) is 0 Å². The lowest BCUT2D eigenvalue weighted by Crippen LogP contribution is -2.32. The van der Waals surface area contributed by atoms with Crippen LogP contribution in [0.3, 0.4) is 0 Å².